The number of carbonyl (C=O) groups excluding carboxylic acids is 3. The van der Waals surface area contributed by atoms with Gasteiger partial charge >= 0.3 is 23.9 Å². The first-order valence-corrected chi connectivity index (χ1v) is 28.2. The Labute approximate surface area is 451 Å². The maximum atomic E-state index is 13.1. The lowest BCUT2D eigenvalue weighted by Crippen LogP contribution is -2.61. The number of esters is 3. The Hall–Kier alpha value is -5.14. The average molecular weight is 1050 g/mol. The lowest BCUT2D eigenvalue weighted by Gasteiger charge is -2.40. The molecule has 0 aromatic carbocycles. The largest absolute Gasteiger partial charge is 0.479 e. The van der Waals surface area contributed by atoms with Gasteiger partial charge in [0.25, 0.3) is 0 Å². The van der Waals surface area contributed by atoms with E-state index in [2.05, 4.69) is 124 Å². The van der Waals surface area contributed by atoms with Gasteiger partial charge in [-0.2, -0.15) is 0 Å². The van der Waals surface area contributed by atoms with Crippen LogP contribution < -0.4 is 0 Å². The highest BCUT2D eigenvalue weighted by Crippen LogP contribution is 2.26. The Balaban J connectivity index is 2.80. The van der Waals surface area contributed by atoms with Crippen LogP contribution in [0.15, 0.2) is 134 Å². The highest BCUT2D eigenvalue weighted by molar-refractivity contribution is 5.74. The molecule has 1 aliphatic heterocycles. The number of unbranched alkanes of at least 4 members (excludes halogenated alkanes) is 9. The summed E-state index contributed by atoms with van der Waals surface area (Å²) in [5.74, 6) is -3.35. The molecule has 75 heavy (non-hydrogen) atoms. The molecule has 1 heterocycles. The van der Waals surface area contributed by atoms with Crippen LogP contribution in [0.25, 0.3) is 0 Å². The lowest BCUT2D eigenvalue weighted by molar-refractivity contribution is -0.301. The van der Waals surface area contributed by atoms with E-state index in [0.717, 1.165) is 96.3 Å². The molecule has 0 saturated carbocycles. The Kier molecular flexibility index (Phi) is 45.0. The Morgan fingerprint density at radius 2 is 0.880 bits per heavy atom. The predicted molar refractivity (Wildman–Crippen MR) is 303 cm³/mol. The summed E-state index contributed by atoms with van der Waals surface area (Å²) in [6.07, 6.45) is 57.3. The number of aliphatic hydroxyl groups is 2. The number of ether oxygens (including phenoxy) is 5. The number of allylic oxidation sites excluding steroid dienone is 22. The zero-order chi connectivity index (χ0) is 54.7. The zero-order valence-electron chi connectivity index (χ0n) is 46.0. The molecule has 0 spiro atoms. The minimum atomic E-state index is -1.94. The van der Waals surface area contributed by atoms with Gasteiger partial charge in [0.05, 0.1) is 6.61 Å². The van der Waals surface area contributed by atoms with Crippen LogP contribution in [0.4, 0.5) is 0 Å². The maximum absolute atomic E-state index is 13.1. The molecule has 1 saturated heterocycles. The highest BCUT2D eigenvalue weighted by atomic mass is 16.7. The maximum Gasteiger partial charge on any atom is 0.335 e. The van der Waals surface area contributed by atoms with Gasteiger partial charge in [-0.25, -0.2) is 4.79 Å². The first kappa shape index (κ1) is 67.9. The first-order valence-electron chi connectivity index (χ1n) is 28.2. The summed E-state index contributed by atoms with van der Waals surface area (Å²) in [5.41, 5.74) is 0. The van der Waals surface area contributed by atoms with Gasteiger partial charge < -0.3 is 39.0 Å². The second-order valence-corrected chi connectivity index (χ2v) is 18.4. The van der Waals surface area contributed by atoms with Crippen molar-refractivity contribution >= 4 is 23.9 Å². The van der Waals surface area contributed by atoms with Crippen molar-refractivity contribution in [2.45, 2.75) is 225 Å². The minimum Gasteiger partial charge on any atom is -0.479 e. The lowest BCUT2D eigenvalue weighted by atomic mass is 9.98. The predicted octanol–water partition coefficient (Wildman–Crippen LogP) is 14.2. The fourth-order valence-electron chi connectivity index (χ4n) is 7.44. The number of carbonyl (C=O) groups is 4. The van der Waals surface area contributed by atoms with E-state index in [9.17, 15) is 34.5 Å². The first-order chi connectivity index (χ1) is 36.6. The zero-order valence-corrected chi connectivity index (χ0v) is 46.0. The summed E-state index contributed by atoms with van der Waals surface area (Å²) in [7, 11) is 0. The van der Waals surface area contributed by atoms with E-state index >= 15 is 0 Å². The van der Waals surface area contributed by atoms with E-state index < -0.39 is 67.3 Å². The van der Waals surface area contributed by atoms with E-state index in [1.807, 2.05) is 30.4 Å². The SMILES string of the molecule is CC/C=C\C/C=C\C/C=C\C/C=C\C/C=C\CCCC(=O)OC1C(OCC(COC(=O)CCCCCCC/C=C\C/C=C\CCCCC)OC(=O)CC/C=C\C/C=C\C/C=C\C/C=C\CC)OC(C(=O)O)C(O)C1O. The summed E-state index contributed by atoms with van der Waals surface area (Å²) in [4.78, 5) is 51.0. The number of carboxylic acid groups (broad SMARTS) is 1. The fraction of sp³-hybridized carbons (Fsp3) is 0.587. The van der Waals surface area contributed by atoms with Gasteiger partial charge in [0.2, 0.25) is 0 Å². The quantitative estimate of drug-likeness (QED) is 0.0228. The molecular weight excluding hydrogens is 949 g/mol. The van der Waals surface area contributed by atoms with Crippen molar-refractivity contribution in [2.75, 3.05) is 13.2 Å². The van der Waals surface area contributed by atoms with Crippen molar-refractivity contribution < 1.29 is 58.2 Å². The minimum absolute atomic E-state index is 0.0242. The van der Waals surface area contributed by atoms with Gasteiger partial charge in [-0.3, -0.25) is 14.4 Å². The molecule has 12 nitrogen and oxygen atoms in total. The number of hydrogen-bond acceptors (Lipinski definition) is 11. The molecule has 0 radical (unpaired) electrons. The van der Waals surface area contributed by atoms with Crippen LogP contribution in [-0.4, -0.2) is 89.2 Å². The summed E-state index contributed by atoms with van der Waals surface area (Å²) in [6, 6.07) is 0. The molecule has 1 fully saturated rings. The van der Waals surface area contributed by atoms with Crippen molar-refractivity contribution in [1.82, 2.24) is 0 Å². The number of aliphatic hydroxyl groups excluding tert-OH is 2. The fourth-order valence-corrected chi connectivity index (χ4v) is 7.44. The van der Waals surface area contributed by atoms with E-state index in [1.165, 1.54) is 19.3 Å². The molecule has 1 aliphatic rings. The van der Waals surface area contributed by atoms with Crippen molar-refractivity contribution in [3.05, 3.63) is 134 Å². The average Bonchev–Trinajstić information content (AvgIpc) is 3.39. The molecule has 0 aromatic rings. The van der Waals surface area contributed by atoms with Gasteiger partial charge in [0.15, 0.2) is 24.6 Å². The third kappa shape index (κ3) is 39.9. The monoisotopic (exact) mass is 1040 g/mol. The van der Waals surface area contributed by atoms with Gasteiger partial charge in [0, 0.05) is 19.3 Å². The van der Waals surface area contributed by atoms with Crippen molar-refractivity contribution in [3.63, 3.8) is 0 Å². The van der Waals surface area contributed by atoms with Crippen LogP contribution in [0.3, 0.4) is 0 Å². The van der Waals surface area contributed by atoms with Crippen molar-refractivity contribution in [3.8, 4) is 0 Å². The third-order valence-electron chi connectivity index (χ3n) is 11.7. The van der Waals surface area contributed by atoms with Crippen LogP contribution >= 0.6 is 0 Å². The van der Waals surface area contributed by atoms with Gasteiger partial charge in [-0.15, -0.1) is 0 Å². The molecule has 0 amide bonds. The molecule has 1 rings (SSSR count). The van der Waals surface area contributed by atoms with E-state index in [0.29, 0.717) is 32.1 Å². The summed E-state index contributed by atoms with van der Waals surface area (Å²) in [5, 5.41) is 31.4. The summed E-state index contributed by atoms with van der Waals surface area (Å²) >= 11 is 0. The van der Waals surface area contributed by atoms with Crippen LogP contribution in [0.2, 0.25) is 0 Å². The van der Waals surface area contributed by atoms with Crippen LogP contribution in [0, 0.1) is 0 Å². The molecule has 6 atom stereocenters. The second kappa shape index (κ2) is 49.7. The number of aliphatic carboxylic acids is 1. The van der Waals surface area contributed by atoms with E-state index in [1.54, 1.807) is 0 Å². The number of carboxylic acids is 1. The number of hydrogen-bond donors (Lipinski definition) is 3. The van der Waals surface area contributed by atoms with Crippen LogP contribution in [0.5, 0.6) is 0 Å². The van der Waals surface area contributed by atoms with Crippen molar-refractivity contribution in [1.29, 1.82) is 0 Å². The molecule has 6 unspecified atom stereocenters. The van der Waals surface area contributed by atoms with E-state index in [4.69, 9.17) is 23.7 Å². The smallest absolute Gasteiger partial charge is 0.335 e. The molecule has 0 aromatic heterocycles. The molecule has 3 N–H and O–H groups in total. The van der Waals surface area contributed by atoms with Gasteiger partial charge in [-0.1, -0.05) is 187 Å². The Bertz CT molecular complexity index is 1810. The number of rotatable bonds is 45. The molecule has 0 aliphatic carbocycles. The van der Waals surface area contributed by atoms with Crippen molar-refractivity contribution in [2.24, 2.45) is 0 Å². The topological polar surface area (TPSA) is 175 Å². The van der Waals surface area contributed by atoms with Gasteiger partial charge in [-0.05, 0) is 116 Å². The molecule has 420 valence electrons. The second-order valence-electron chi connectivity index (χ2n) is 18.4. The van der Waals surface area contributed by atoms with E-state index in [-0.39, 0.29) is 25.9 Å². The Morgan fingerprint density at radius 3 is 1.37 bits per heavy atom. The third-order valence-corrected chi connectivity index (χ3v) is 11.7. The summed E-state index contributed by atoms with van der Waals surface area (Å²) in [6.45, 7) is 5.61. The standard InChI is InChI=1S/C63H96O12/c1-4-7-10-13-16-19-22-25-27-28-30-33-36-39-42-45-48-51-57(66)74-61-59(68)58(67)60(62(69)70)75-63(61)72-53-54(73-56(65)50-47-44-41-38-35-31-24-21-18-15-12-9-6-3)52-71-55(64)49-46-43-40-37-34-32-29-26-23-20-17-14-11-8-5-2/h7,9-10,12,16-21,25-27,29-31,33,35,39,41-42,44,54,58-61,63,67-68H,4-6,8,11,13-15,22-24,28,32,34,36-38,40,43,45-53H2,1-3H3,(H,69,70)/b10-7-,12-9-,19-16-,20-17-,21-18-,27-25-,29-26-,33-30-,35-31-,42-39-,44-41-. The van der Waals surface area contributed by atoms with Gasteiger partial charge in [0.1, 0.15) is 18.8 Å². The molecular formula is C63H96O12. The highest BCUT2D eigenvalue weighted by Gasteiger charge is 2.50. The Morgan fingerprint density at radius 1 is 0.453 bits per heavy atom. The van der Waals surface area contributed by atoms with Crippen LogP contribution in [0.1, 0.15) is 188 Å². The molecule has 0 bridgehead atoms. The van der Waals surface area contributed by atoms with Crippen LogP contribution in [-0.2, 0) is 42.9 Å². The molecule has 12 heteroatoms. The normalized spacial score (nSPS) is 19.2. The summed E-state index contributed by atoms with van der Waals surface area (Å²) < 4.78 is 28.2.